The third kappa shape index (κ3) is 8.01. The molecule has 1 aromatic heterocycles. The van der Waals surface area contributed by atoms with Gasteiger partial charge in [-0.05, 0) is 67.7 Å². The van der Waals surface area contributed by atoms with Gasteiger partial charge in [-0.25, -0.2) is 0 Å². The molecule has 1 atom stereocenters. The summed E-state index contributed by atoms with van der Waals surface area (Å²) in [4.78, 5) is 41.9. The second kappa shape index (κ2) is 15.0. The first-order valence-electron chi connectivity index (χ1n) is 14.8. The van der Waals surface area contributed by atoms with Crippen molar-refractivity contribution < 1.29 is 28.6 Å². The third-order valence-electron chi connectivity index (χ3n) is 7.41. The molecular formula is C31H38N6O6S. The van der Waals surface area contributed by atoms with E-state index in [1.165, 1.54) is 0 Å². The molecule has 3 amide bonds. The predicted molar refractivity (Wildman–Crippen MR) is 165 cm³/mol. The zero-order valence-corrected chi connectivity index (χ0v) is 25.9. The number of thioether (sulfide) groups is 1. The summed E-state index contributed by atoms with van der Waals surface area (Å²) in [7, 11) is 0. The molecule has 0 saturated heterocycles. The first kappa shape index (κ1) is 31.2. The molecule has 3 aromatic rings. The van der Waals surface area contributed by atoms with E-state index in [4.69, 9.17) is 14.2 Å². The van der Waals surface area contributed by atoms with Crippen molar-refractivity contribution in [2.24, 2.45) is 0 Å². The lowest BCUT2D eigenvalue weighted by molar-refractivity contribution is -0.123. The highest BCUT2D eigenvalue weighted by Gasteiger charge is 2.24. The van der Waals surface area contributed by atoms with Crippen LogP contribution in [0.15, 0.2) is 42.6 Å². The highest BCUT2D eigenvalue weighted by atomic mass is 32.2. The largest absolute Gasteiger partial charge is 0.494 e. The van der Waals surface area contributed by atoms with Gasteiger partial charge in [0.05, 0.1) is 19.3 Å². The van der Waals surface area contributed by atoms with Gasteiger partial charge in [-0.2, -0.15) is 11.8 Å². The Labute approximate surface area is 260 Å². The molecule has 2 N–H and O–H groups in total. The molecule has 0 spiro atoms. The van der Waals surface area contributed by atoms with Gasteiger partial charge in [0.2, 0.25) is 5.91 Å². The Morgan fingerprint density at radius 1 is 1.02 bits per heavy atom. The maximum Gasteiger partial charge on any atom is 0.254 e. The van der Waals surface area contributed by atoms with Gasteiger partial charge in [0.15, 0.2) is 11.5 Å². The highest BCUT2D eigenvalue weighted by molar-refractivity contribution is 7.98. The number of hydrogen-bond donors (Lipinski definition) is 2. The molecule has 2 aliphatic heterocycles. The van der Waals surface area contributed by atoms with Crippen LogP contribution in [0.4, 0.5) is 0 Å². The van der Waals surface area contributed by atoms with Gasteiger partial charge >= 0.3 is 0 Å². The van der Waals surface area contributed by atoms with Crippen molar-refractivity contribution in [2.45, 2.75) is 45.3 Å². The standard InChI is InChI=1S/C31H38N6O6S/c1-21-5-7-24-18-25(21)29(38)33-26(9-16-44-2)30(39)32-10-3-11-36(19-23-20-37(35-34-23)12-4-13-41-24)31(40)22-6-8-27-28(17-22)43-15-14-42-27/h5-8,17-18,20,26H,3-4,9-16,19H2,1-2H3,(H,32,39)(H,33,38)/t26-/m0/s1. The van der Waals surface area contributed by atoms with Crippen LogP contribution in [0, 0.1) is 6.92 Å². The van der Waals surface area contributed by atoms with Crippen molar-refractivity contribution in [2.75, 3.05) is 44.9 Å². The maximum absolute atomic E-state index is 13.7. The fourth-order valence-electron chi connectivity index (χ4n) is 5.02. The van der Waals surface area contributed by atoms with Crippen LogP contribution in [-0.2, 0) is 17.9 Å². The number of benzene rings is 2. The second-order valence-corrected chi connectivity index (χ2v) is 11.7. The Hall–Kier alpha value is -4.26. The fourth-order valence-corrected chi connectivity index (χ4v) is 5.50. The molecule has 4 bridgehead atoms. The smallest absolute Gasteiger partial charge is 0.254 e. The second-order valence-electron chi connectivity index (χ2n) is 10.7. The van der Waals surface area contributed by atoms with Gasteiger partial charge in [0.1, 0.15) is 30.7 Å². The Bertz CT molecular complexity index is 1480. The average Bonchev–Trinajstić information content (AvgIpc) is 3.49. The summed E-state index contributed by atoms with van der Waals surface area (Å²) < 4.78 is 19.0. The number of amides is 3. The van der Waals surface area contributed by atoms with Gasteiger partial charge in [0.25, 0.3) is 11.8 Å². The van der Waals surface area contributed by atoms with Gasteiger partial charge in [-0.1, -0.05) is 11.3 Å². The van der Waals surface area contributed by atoms with Gasteiger partial charge < -0.3 is 29.7 Å². The molecule has 2 aromatic carbocycles. The zero-order chi connectivity index (χ0) is 30.9. The summed E-state index contributed by atoms with van der Waals surface area (Å²) in [5, 5.41) is 14.4. The Morgan fingerprint density at radius 3 is 2.70 bits per heavy atom. The lowest BCUT2D eigenvalue weighted by Gasteiger charge is -2.24. The van der Waals surface area contributed by atoms with Crippen molar-refractivity contribution in [1.29, 1.82) is 0 Å². The third-order valence-corrected chi connectivity index (χ3v) is 8.05. The number of nitrogens with one attached hydrogen (secondary N) is 2. The molecule has 5 rings (SSSR count). The van der Waals surface area contributed by atoms with E-state index in [1.54, 1.807) is 45.6 Å². The first-order chi connectivity index (χ1) is 21.4. The van der Waals surface area contributed by atoms with E-state index in [9.17, 15) is 14.4 Å². The summed E-state index contributed by atoms with van der Waals surface area (Å²) in [6.07, 6.45) is 5.43. The predicted octanol–water partition coefficient (Wildman–Crippen LogP) is 2.84. The number of aromatic nitrogens is 3. The lowest BCUT2D eigenvalue weighted by atomic mass is 10.1. The van der Waals surface area contributed by atoms with Crippen molar-refractivity contribution >= 4 is 29.5 Å². The number of fused-ring (bicyclic) bond motifs is 5. The van der Waals surface area contributed by atoms with E-state index in [1.807, 2.05) is 31.5 Å². The van der Waals surface area contributed by atoms with E-state index in [0.29, 0.717) is 98.5 Å². The van der Waals surface area contributed by atoms with Gasteiger partial charge in [0, 0.05) is 37.2 Å². The molecular weight excluding hydrogens is 584 g/mol. The Balaban J connectivity index is 1.35. The number of nitrogens with zero attached hydrogens (tertiary/aromatic N) is 4. The van der Waals surface area contributed by atoms with Crippen molar-refractivity contribution in [3.63, 3.8) is 0 Å². The van der Waals surface area contributed by atoms with Crippen molar-refractivity contribution in [3.8, 4) is 17.2 Å². The minimum absolute atomic E-state index is 0.194. The van der Waals surface area contributed by atoms with Crippen LogP contribution < -0.4 is 24.8 Å². The van der Waals surface area contributed by atoms with Crippen LogP contribution in [0.1, 0.15) is 51.2 Å². The van der Waals surface area contributed by atoms with Crippen LogP contribution in [0.25, 0.3) is 0 Å². The molecule has 0 radical (unpaired) electrons. The quantitative estimate of drug-likeness (QED) is 0.450. The summed E-state index contributed by atoms with van der Waals surface area (Å²) in [5.74, 6) is 1.65. The molecule has 0 aliphatic carbocycles. The molecule has 44 heavy (non-hydrogen) atoms. The molecule has 12 nitrogen and oxygen atoms in total. The average molecular weight is 623 g/mol. The Morgan fingerprint density at radius 2 is 1.86 bits per heavy atom. The first-order valence-corrected chi connectivity index (χ1v) is 16.2. The summed E-state index contributed by atoms with van der Waals surface area (Å²) in [5.41, 5.74) is 2.38. The van der Waals surface area contributed by atoms with Crippen LogP contribution in [-0.4, -0.2) is 88.6 Å². The number of carbonyl (C=O) groups excluding carboxylic acids is 3. The number of rotatable bonds is 4. The van der Waals surface area contributed by atoms with Crippen LogP contribution >= 0.6 is 11.8 Å². The van der Waals surface area contributed by atoms with Crippen molar-refractivity contribution in [3.05, 3.63) is 65.0 Å². The zero-order valence-electron chi connectivity index (χ0n) is 25.0. The number of hydrogen-bond acceptors (Lipinski definition) is 9. The fraction of sp³-hybridized carbons (Fsp3) is 0.452. The van der Waals surface area contributed by atoms with Gasteiger partial charge in [-0.3, -0.25) is 19.1 Å². The molecule has 2 aliphatic rings. The van der Waals surface area contributed by atoms with E-state index in [2.05, 4.69) is 20.9 Å². The van der Waals surface area contributed by atoms with Crippen molar-refractivity contribution in [1.82, 2.24) is 30.5 Å². The topological polar surface area (TPSA) is 137 Å². The number of aryl methyl sites for hydroxylation is 2. The Kier molecular flexibility index (Phi) is 10.6. The molecule has 3 heterocycles. The van der Waals surface area contributed by atoms with Crippen LogP contribution in [0.5, 0.6) is 17.2 Å². The number of ether oxygens (including phenoxy) is 3. The maximum atomic E-state index is 13.7. The van der Waals surface area contributed by atoms with E-state index < -0.39 is 6.04 Å². The van der Waals surface area contributed by atoms with E-state index in [-0.39, 0.29) is 24.3 Å². The number of carbonyl (C=O) groups is 3. The molecule has 234 valence electrons. The minimum atomic E-state index is -0.699. The van der Waals surface area contributed by atoms with Crippen LogP contribution in [0.2, 0.25) is 0 Å². The summed E-state index contributed by atoms with van der Waals surface area (Å²) in [6, 6.07) is 9.85. The highest BCUT2D eigenvalue weighted by Crippen LogP contribution is 2.31. The molecule has 0 saturated carbocycles. The molecule has 13 heteroatoms. The minimum Gasteiger partial charge on any atom is -0.494 e. The SMILES string of the molecule is CSCC[C@@H]1NC(=O)c2cc(ccc2C)OCCCn2cc(nn2)CN(C(=O)c2ccc3c(c2)OCCO3)CCCNC1=O. The van der Waals surface area contributed by atoms with E-state index in [0.717, 1.165) is 5.56 Å². The lowest BCUT2D eigenvalue weighted by Crippen LogP contribution is -2.47. The van der Waals surface area contributed by atoms with Gasteiger partial charge in [-0.15, -0.1) is 5.10 Å². The summed E-state index contributed by atoms with van der Waals surface area (Å²) in [6.45, 7) is 4.66. The van der Waals surface area contributed by atoms with Crippen LogP contribution in [0.3, 0.4) is 0 Å². The monoisotopic (exact) mass is 622 g/mol. The summed E-state index contributed by atoms with van der Waals surface area (Å²) >= 11 is 1.61. The normalized spacial score (nSPS) is 18.0. The molecule has 0 unspecified atom stereocenters. The molecule has 0 fully saturated rings. The van der Waals surface area contributed by atoms with E-state index >= 15 is 0 Å².